The summed E-state index contributed by atoms with van der Waals surface area (Å²) in [5.74, 6) is -0.460. The SMILES string of the molecule is N=C(N)c1cc(COc2ccccc2C(F)(F)F)ccn1. The number of nitrogens with zero attached hydrogens (tertiary/aromatic N) is 1. The van der Waals surface area contributed by atoms with Crippen LogP contribution in [0.15, 0.2) is 42.6 Å². The van der Waals surface area contributed by atoms with E-state index in [0.29, 0.717) is 5.56 Å². The van der Waals surface area contributed by atoms with Crippen LogP contribution in [0.5, 0.6) is 5.75 Å². The minimum atomic E-state index is -4.47. The molecule has 0 aliphatic rings. The number of hydrogen-bond donors (Lipinski definition) is 2. The van der Waals surface area contributed by atoms with Crippen LogP contribution in [0.1, 0.15) is 16.8 Å². The molecule has 0 radical (unpaired) electrons. The Kier molecular flexibility index (Phi) is 4.11. The molecule has 0 saturated carbocycles. The lowest BCUT2D eigenvalue weighted by atomic mass is 10.2. The number of rotatable bonds is 4. The van der Waals surface area contributed by atoms with Gasteiger partial charge < -0.3 is 10.5 Å². The molecule has 0 amide bonds. The van der Waals surface area contributed by atoms with Crippen molar-refractivity contribution in [3.8, 4) is 5.75 Å². The number of nitrogens with one attached hydrogen (secondary N) is 1. The van der Waals surface area contributed by atoms with Gasteiger partial charge in [0.15, 0.2) is 0 Å². The number of pyridine rings is 1. The number of amidine groups is 1. The van der Waals surface area contributed by atoms with E-state index in [0.717, 1.165) is 6.07 Å². The molecular formula is C14H12F3N3O. The van der Waals surface area contributed by atoms with Gasteiger partial charge in [-0.05, 0) is 29.8 Å². The highest BCUT2D eigenvalue weighted by molar-refractivity contribution is 5.93. The van der Waals surface area contributed by atoms with Gasteiger partial charge in [-0.3, -0.25) is 10.4 Å². The quantitative estimate of drug-likeness (QED) is 0.673. The minimum Gasteiger partial charge on any atom is -0.488 e. The molecule has 0 atom stereocenters. The fourth-order valence-electron chi connectivity index (χ4n) is 1.70. The first-order valence-electron chi connectivity index (χ1n) is 5.96. The molecular weight excluding hydrogens is 283 g/mol. The molecule has 3 N–H and O–H groups in total. The standard InChI is InChI=1S/C14H12F3N3O/c15-14(16,17)10-3-1-2-4-12(10)21-8-9-5-6-20-11(7-9)13(18)19/h1-7H,8H2,(H3,18,19). The van der Waals surface area contributed by atoms with Crippen molar-refractivity contribution in [3.05, 3.63) is 59.4 Å². The Morgan fingerprint density at radius 3 is 2.62 bits per heavy atom. The van der Waals surface area contributed by atoms with E-state index >= 15 is 0 Å². The van der Waals surface area contributed by atoms with E-state index in [1.54, 1.807) is 6.07 Å². The van der Waals surface area contributed by atoms with Crippen molar-refractivity contribution in [1.29, 1.82) is 5.41 Å². The van der Waals surface area contributed by atoms with Crippen molar-refractivity contribution in [2.45, 2.75) is 12.8 Å². The van der Waals surface area contributed by atoms with Gasteiger partial charge >= 0.3 is 6.18 Å². The van der Waals surface area contributed by atoms with Gasteiger partial charge in [0.2, 0.25) is 0 Å². The zero-order chi connectivity index (χ0) is 15.5. The average molecular weight is 295 g/mol. The highest BCUT2D eigenvalue weighted by Crippen LogP contribution is 2.36. The summed E-state index contributed by atoms with van der Waals surface area (Å²) in [4.78, 5) is 3.87. The summed E-state index contributed by atoms with van der Waals surface area (Å²) in [6, 6.07) is 8.08. The number of para-hydroxylation sites is 1. The van der Waals surface area contributed by atoms with Crippen LogP contribution in [-0.4, -0.2) is 10.8 Å². The second-order valence-electron chi connectivity index (χ2n) is 4.25. The van der Waals surface area contributed by atoms with Crippen molar-refractivity contribution in [1.82, 2.24) is 4.98 Å². The van der Waals surface area contributed by atoms with Crippen LogP contribution in [0, 0.1) is 5.41 Å². The number of halogens is 3. The van der Waals surface area contributed by atoms with Crippen LogP contribution in [0.25, 0.3) is 0 Å². The van der Waals surface area contributed by atoms with E-state index in [-0.39, 0.29) is 23.9 Å². The van der Waals surface area contributed by atoms with Gasteiger partial charge in [0.25, 0.3) is 0 Å². The van der Waals surface area contributed by atoms with Crippen LogP contribution < -0.4 is 10.5 Å². The van der Waals surface area contributed by atoms with Crippen LogP contribution in [-0.2, 0) is 12.8 Å². The maximum absolute atomic E-state index is 12.8. The summed E-state index contributed by atoms with van der Waals surface area (Å²) in [5, 5.41) is 7.27. The normalized spacial score (nSPS) is 11.2. The molecule has 0 unspecified atom stereocenters. The molecule has 0 aliphatic carbocycles. The molecule has 0 spiro atoms. The van der Waals surface area contributed by atoms with Crippen molar-refractivity contribution in [3.63, 3.8) is 0 Å². The molecule has 0 fully saturated rings. The molecule has 1 heterocycles. The predicted molar refractivity (Wildman–Crippen MR) is 71.0 cm³/mol. The van der Waals surface area contributed by atoms with Crippen molar-refractivity contribution >= 4 is 5.84 Å². The Hall–Kier alpha value is -2.57. The molecule has 7 heteroatoms. The average Bonchev–Trinajstić information content (AvgIpc) is 2.45. The first-order valence-corrected chi connectivity index (χ1v) is 5.96. The van der Waals surface area contributed by atoms with E-state index in [2.05, 4.69) is 4.98 Å². The smallest absolute Gasteiger partial charge is 0.419 e. The van der Waals surface area contributed by atoms with Crippen LogP contribution >= 0.6 is 0 Å². The van der Waals surface area contributed by atoms with E-state index < -0.39 is 11.7 Å². The summed E-state index contributed by atoms with van der Waals surface area (Å²) in [6.45, 7) is -0.0735. The first kappa shape index (κ1) is 14.8. The Morgan fingerprint density at radius 1 is 1.24 bits per heavy atom. The topological polar surface area (TPSA) is 72.0 Å². The maximum atomic E-state index is 12.8. The van der Waals surface area contributed by atoms with Crippen LogP contribution in [0.3, 0.4) is 0 Å². The molecule has 1 aromatic heterocycles. The van der Waals surface area contributed by atoms with Gasteiger partial charge in [-0.15, -0.1) is 0 Å². The van der Waals surface area contributed by atoms with Gasteiger partial charge in [-0.1, -0.05) is 12.1 Å². The third-order valence-electron chi connectivity index (χ3n) is 2.69. The molecule has 0 aliphatic heterocycles. The predicted octanol–water partition coefficient (Wildman–Crippen LogP) is 2.96. The lowest BCUT2D eigenvalue weighted by Crippen LogP contribution is -2.13. The summed E-state index contributed by atoms with van der Waals surface area (Å²) >= 11 is 0. The molecule has 2 aromatic rings. The Labute approximate surface area is 118 Å². The molecule has 110 valence electrons. The first-order chi connectivity index (χ1) is 9.88. The maximum Gasteiger partial charge on any atom is 0.419 e. The molecule has 2 rings (SSSR count). The lowest BCUT2D eigenvalue weighted by molar-refractivity contribution is -0.139. The van der Waals surface area contributed by atoms with Crippen LogP contribution in [0.4, 0.5) is 13.2 Å². The van der Waals surface area contributed by atoms with Crippen LogP contribution in [0.2, 0.25) is 0 Å². The van der Waals surface area contributed by atoms with E-state index in [4.69, 9.17) is 15.9 Å². The van der Waals surface area contributed by atoms with E-state index in [9.17, 15) is 13.2 Å². The summed E-state index contributed by atoms with van der Waals surface area (Å²) in [6.07, 6.45) is -3.05. The van der Waals surface area contributed by atoms with Crippen molar-refractivity contribution in [2.24, 2.45) is 5.73 Å². The molecule has 1 aromatic carbocycles. The van der Waals surface area contributed by atoms with Gasteiger partial charge in [0, 0.05) is 6.20 Å². The number of ether oxygens (including phenoxy) is 1. The Bertz CT molecular complexity index is 656. The second-order valence-corrected chi connectivity index (χ2v) is 4.25. The molecule has 21 heavy (non-hydrogen) atoms. The van der Waals surface area contributed by atoms with Crippen molar-refractivity contribution < 1.29 is 17.9 Å². The van der Waals surface area contributed by atoms with Gasteiger partial charge in [0.1, 0.15) is 23.9 Å². The fraction of sp³-hybridized carbons (Fsp3) is 0.143. The fourth-order valence-corrected chi connectivity index (χ4v) is 1.70. The zero-order valence-corrected chi connectivity index (χ0v) is 10.8. The van der Waals surface area contributed by atoms with E-state index in [1.165, 1.54) is 30.5 Å². The third-order valence-corrected chi connectivity index (χ3v) is 2.69. The minimum absolute atomic E-state index is 0.0735. The number of aromatic nitrogens is 1. The largest absolute Gasteiger partial charge is 0.488 e. The molecule has 0 saturated heterocycles. The summed E-state index contributed by atoms with van der Waals surface area (Å²) < 4.78 is 43.7. The number of nitrogens with two attached hydrogens (primary N) is 1. The van der Waals surface area contributed by atoms with Crippen molar-refractivity contribution in [2.75, 3.05) is 0 Å². The van der Waals surface area contributed by atoms with Gasteiger partial charge in [-0.2, -0.15) is 13.2 Å². The third kappa shape index (κ3) is 3.71. The van der Waals surface area contributed by atoms with Gasteiger partial charge in [-0.25, -0.2) is 0 Å². The highest BCUT2D eigenvalue weighted by atomic mass is 19.4. The number of benzene rings is 1. The van der Waals surface area contributed by atoms with Gasteiger partial charge in [0.05, 0.1) is 5.56 Å². The summed E-state index contributed by atoms with van der Waals surface area (Å²) in [7, 11) is 0. The highest BCUT2D eigenvalue weighted by Gasteiger charge is 2.33. The monoisotopic (exact) mass is 295 g/mol. The second kappa shape index (κ2) is 5.82. The molecule has 0 bridgehead atoms. The Morgan fingerprint density at radius 2 is 1.95 bits per heavy atom. The van der Waals surface area contributed by atoms with E-state index in [1.807, 2.05) is 0 Å². The Balaban J connectivity index is 2.17. The zero-order valence-electron chi connectivity index (χ0n) is 10.8. The number of nitrogen functional groups attached to an aromatic ring is 1. The molecule has 4 nitrogen and oxygen atoms in total. The summed E-state index contributed by atoms with van der Waals surface area (Å²) in [5.41, 5.74) is 5.30. The number of alkyl halides is 3. The number of hydrogen-bond acceptors (Lipinski definition) is 3. The lowest BCUT2D eigenvalue weighted by Gasteiger charge is -2.13.